The van der Waals surface area contributed by atoms with E-state index in [0.717, 1.165) is 18.4 Å². The van der Waals surface area contributed by atoms with Gasteiger partial charge in [-0.1, -0.05) is 6.07 Å². The quantitative estimate of drug-likeness (QED) is 0.612. The van der Waals surface area contributed by atoms with Crippen molar-refractivity contribution in [3.8, 4) is 5.75 Å². The van der Waals surface area contributed by atoms with E-state index in [0.29, 0.717) is 24.2 Å². The van der Waals surface area contributed by atoms with Crippen LogP contribution in [0.4, 0.5) is 0 Å². The van der Waals surface area contributed by atoms with Crippen molar-refractivity contribution in [3.05, 3.63) is 59.4 Å². The molecule has 4 N–H and O–H groups in total. The highest BCUT2D eigenvalue weighted by molar-refractivity contribution is 5.36. The van der Waals surface area contributed by atoms with Gasteiger partial charge in [0.2, 0.25) is 0 Å². The van der Waals surface area contributed by atoms with Crippen molar-refractivity contribution in [2.45, 2.75) is 37.8 Å². The van der Waals surface area contributed by atoms with Crippen molar-refractivity contribution in [1.82, 2.24) is 10.3 Å². The number of aromatic nitrogens is 1. The standard InChI is InChI=1S/C19H24N2O4/c22-12-15-9-14(1-3-17(15)23)18(24)11-21-10-16-2-4-19(25-16)13-5-7-20-8-6-13/h1,3,5-9,16,18-19,21-24H,2,4,10-12H2. The third-order valence-electron chi connectivity index (χ3n) is 4.55. The van der Waals surface area contributed by atoms with Crippen LogP contribution in [0, 0.1) is 0 Å². The highest BCUT2D eigenvalue weighted by Crippen LogP contribution is 2.32. The van der Waals surface area contributed by atoms with Crippen LogP contribution in [0.1, 0.15) is 41.7 Å². The molecular weight excluding hydrogens is 320 g/mol. The molecule has 0 saturated carbocycles. The van der Waals surface area contributed by atoms with E-state index in [1.807, 2.05) is 12.1 Å². The number of phenols is 1. The predicted molar refractivity (Wildman–Crippen MR) is 92.9 cm³/mol. The SMILES string of the molecule is OCc1cc(C(O)CNCC2CCC(c3ccncc3)O2)ccc1O. The van der Waals surface area contributed by atoms with Crippen molar-refractivity contribution in [2.75, 3.05) is 13.1 Å². The summed E-state index contributed by atoms with van der Waals surface area (Å²) in [5.41, 5.74) is 2.23. The Balaban J connectivity index is 1.45. The molecule has 6 heteroatoms. The van der Waals surface area contributed by atoms with Gasteiger partial charge in [0, 0.05) is 31.0 Å². The Hall–Kier alpha value is -1.99. The number of nitrogens with one attached hydrogen (secondary N) is 1. The number of benzene rings is 1. The molecule has 1 aliphatic rings. The van der Waals surface area contributed by atoms with Crippen molar-refractivity contribution in [3.63, 3.8) is 0 Å². The third kappa shape index (κ3) is 4.55. The third-order valence-corrected chi connectivity index (χ3v) is 4.55. The first kappa shape index (κ1) is 17.8. The van der Waals surface area contributed by atoms with Crippen LogP contribution >= 0.6 is 0 Å². The zero-order chi connectivity index (χ0) is 17.6. The molecule has 1 aromatic heterocycles. The van der Waals surface area contributed by atoms with E-state index >= 15 is 0 Å². The molecule has 0 aliphatic carbocycles. The second kappa shape index (κ2) is 8.40. The molecule has 25 heavy (non-hydrogen) atoms. The highest BCUT2D eigenvalue weighted by atomic mass is 16.5. The van der Waals surface area contributed by atoms with Crippen molar-refractivity contribution >= 4 is 0 Å². The summed E-state index contributed by atoms with van der Waals surface area (Å²) < 4.78 is 6.05. The maximum atomic E-state index is 10.3. The van der Waals surface area contributed by atoms with Crippen LogP contribution in [0.25, 0.3) is 0 Å². The van der Waals surface area contributed by atoms with Gasteiger partial charge in [-0.05, 0) is 48.2 Å². The fraction of sp³-hybridized carbons (Fsp3) is 0.421. The second-order valence-electron chi connectivity index (χ2n) is 6.32. The first-order valence-electron chi connectivity index (χ1n) is 8.54. The molecule has 2 aromatic rings. The number of aliphatic hydroxyl groups is 2. The fourth-order valence-corrected chi connectivity index (χ4v) is 3.12. The van der Waals surface area contributed by atoms with Crippen molar-refractivity contribution in [1.29, 1.82) is 0 Å². The molecule has 1 saturated heterocycles. The maximum Gasteiger partial charge on any atom is 0.121 e. The van der Waals surface area contributed by atoms with E-state index in [1.54, 1.807) is 24.5 Å². The number of hydrogen-bond acceptors (Lipinski definition) is 6. The summed E-state index contributed by atoms with van der Waals surface area (Å²) in [4.78, 5) is 4.02. The van der Waals surface area contributed by atoms with Gasteiger partial charge in [0.25, 0.3) is 0 Å². The molecule has 2 heterocycles. The maximum absolute atomic E-state index is 10.3. The topological polar surface area (TPSA) is 94.8 Å². The fourth-order valence-electron chi connectivity index (χ4n) is 3.12. The van der Waals surface area contributed by atoms with E-state index in [-0.39, 0.29) is 24.6 Å². The normalized spacial score (nSPS) is 21.4. The largest absolute Gasteiger partial charge is 0.508 e. The Morgan fingerprint density at radius 3 is 2.76 bits per heavy atom. The van der Waals surface area contributed by atoms with Gasteiger partial charge in [-0.15, -0.1) is 0 Å². The summed E-state index contributed by atoms with van der Waals surface area (Å²) in [5, 5.41) is 32.3. The molecular formula is C19H24N2O4. The number of hydrogen-bond donors (Lipinski definition) is 4. The predicted octanol–water partition coefficient (Wildman–Crippen LogP) is 1.82. The van der Waals surface area contributed by atoms with E-state index in [1.165, 1.54) is 6.07 Å². The summed E-state index contributed by atoms with van der Waals surface area (Å²) in [5.74, 6) is 0.0351. The van der Waals surface area contributed by atoms with Gasteiger partial charge in [-0.3, -0.25) is 4.98 Å². The summed E-state index contributed by atoms with van der Waals surface area (Å²) in [6.45, 7) is 0.797. The van der Waals surface area contributed by atoms with Crippen LogP contribution in [-0.2, 0) is 11.3 Å². The molecule has 0 radical (unpaired) electrons. The number of aromatic hydroxyl groups is 1. The number of pyridine rings is 1. The highest BCUT2D eigenvalue weighted by Gasteiger charge is 2.26. The van der Waals surface area contributed by atoms with E-state index in [9.17, 15) is 15.3 Å². The molecule has 1 aliphatic heterocycles. The Bertz CT molecular complexity index is 680. The number of aliphatic hydroxyl groups excluding tert-OH is 2. The molecule has 3 unspecified atom stereocenters. The first-order chi connectivity index (χ1) is 12.2. The van der Waals surface area contributed by atoms with E-state index in [2.05, 4.69) is 10.3 Å². The van der Waals surface area contributed by atoms with Gasteiger partial charge in [0.05, 0.1) is 24.9 Å². The second-order valence-corrected chi connectivity index (χ2v) is 6.32. The van der Waals surface area contributed by atoms with Gasteiger partial charge in [-0.25, -0.2) is 0 Å². The minimum atomic E-state index is -0.705. The smallest absolute Gasteiger partial charge is 0.121 e. The Morgan fingerprint density at radius 1 is 1.20 bits per heavy atom. The summed E-state index contributed by atoms with van der Waals surface area (Å²) in [6, 6.07) is 8.73. The Labute approximate surface area is 147 Å². The van der Waals surface area contributed by atoms with Gasteiger partial charge in [0.15, 0.2) is 0 Å². The van der Waals surface area contributed by atoms with Gasteiger partial charge >= 0.3 is 0 Å². The molecule has 0 amide bonds. The number of rotatable bonds is 7. The van der Waals surface area contributed by atoms with Crippen molar-refractivity contribution in [2.24, 2.45) is 0 Å². The summed E-state index contributed by atoms with van der Waals surface area (Å²) >= 11 is 0. The summed E-state index contributed by atoms with van der Waals surface area (Å²) in [6.07, 6.45) is 5.05. The molecule has 134 valence electrons. The van der Waals surface area contributed by atoms with Crippen LogP contribution in [0.2, 0.25) is 0 Å². The van der Waals surface area contributed by atoms with E-state index < -0.39 is 6.10 Å². The van der Waals surface area contributed by atoms with Crippen LogP contribution in [-0.4, -0.2) is 39.5 Å². The zero-order valence-corrected chi connectivity index (χ0v) is 14.0. The molecule has 0 spiro atoms. The molecule has 0 bridgehead atoms. The number of nitrogens with zero attached hydrogens (tertiary/aromatic N) is 1. The Kier molecular flexibility index (Phi) is 5.99. The average molecular weight is 344 g/mol. The minimum Gasteiger partial charge on any atom is -0.508 e. The first-order valence-corrected chi connectivity index (χ1v) is 8.54. The molecule has 3 rings (SSSR count). The number of ether oxygens (including phenoxy) is 1. The van der Waals surface area contributed by atoms with Gasteiger partial charge in [-0.2, -0.15) is 0 Å². The van der Waals surface area contributed by atoms with Crippen LogP contribution < -0.4 is 5.32 Å². The van der Waals surface area contributed by atoms with Gasteiger partial charge < -0.3 is 25.4 Å². The lowest BCUT2D eigenvalue weighted by molar-refractivity contribution is 0.0428. The Morgan fingerprint density at radius 2 is 2.00 bits per heavy atom. The molecule has 3 atom stereocenters. The lowest BCUT2D eigenvalue weighted by Crippen LogP contribution is -2.30. The van der Waals surface area contributed by atoms with Gasteiger partial charge in [0.1, 0.15) is 5.75 Å². The minimum absolute atomic E-state index is 0.0351. The average Bonchev–Trinajstić information content (AvgIpc) is 3.11. The van der Waals surface area contributed by atoms with Crippen molar-refractivity contribution < 1.29 is 20.1 Å². The monoisotopic (exact) mass is 344 g/mol. The summed E-state index contributed by atoms with van der Waals surface area (Å²) in [7, 11) is 0. The lowest BCUT2D eigenvalue weighted by atomic mass is 10.1. The van der Waals surface area contributed by atoms with Crippen LogP contribution in [0.15, 0.2) is 42.7 Å². The molecule has 6 nitrogen and oxygen atoms in total. The molecule has 1 aromatic carbocycles. The van der Waals surface area contributed by atoms with Crippen LogP contribution in [0.3, 0.4) is 0 Å². The van der Waals surface area contributed by atoms with E-state index in [4.69, 9.17) is 4.74 Å². The lowest BCUT2D eigenvalue weighted by Gasteiger charge is -2.17. The zero-order valence-electron chi connectivity index (χ0n) is 14.0. The van der Waals surface area contributed by atoms with Crippen LogP contribution in [0.5, 0.6) is 5.75 Å². The molecule has 1 fully saturated rings.